The number of aromatic nitrogens is 1. The average Bonchev–Trinajstić information content (AvgIpc) is 3.39. The van der Waals surface area contributed by atoms with Crippen LogP contribution in [0.15, 0.2) is 127 Å². The molecule has 5 rings (SSSR count). The fourth-order valence-corrected chi connectivity index (χ4v) is 4.58. The standard InChI is InChI=1S/C35H30FN3O2/c1-3-7-30-22-27(13-21-34(30)41-24-26-11-16-31(36)17-12-26)23-37-38-35(40)29-14-18-32(19-15-29)39-25(2)10-20-33(39)28-8-5-4-6-9-28/h3-6,8-23H,1,7,24H2,2H3,(H,38,40)/b37-23+. The number of halogens is 1. The lowest BCUT2D eigenvalue weighted by molar-refractivity contribution is 0.0955. The van der Waals surface area contributed by atoms with Gasteiger partial charge in [0.2, 0.25) is 0 Å². The molecule has 0 saturated carbocycles. The zero-order valence-corrected chi connectivity index (χ0v) is 22.8. The van der Waals surface area contributed by atoms with Crippen LogP contribution in [0.5, 0.6) is 5.75 Å². The first-order valence-electron chi connectivity index (χ1n) is 13.3. The first kappa shape index (κ1) is 27.3. The fraction of sp³-hybridized carbons (Fsp3) is 0.0857. The van der Waals surface area contributed by atoms with Crippen LogP contribution in [-0.2, 0) is 13.0 Å². The van der Waals surface area contributed by atoms with Crippen LogP contribution in [-0.4, -0.2) is 16.7 Å². The Hall–Kier alpha value is -5.23. The van der Waals surface area contributed by atoms with E-state index in [1.54, 1.807) is 36.6 Å². The molecule has 0 saturated heterocycles. The van der Waals surface area contributed by atoms with E-state index >= 15 is 0 Å². The molecule has 5 aromatic rings. The normalized spacial score (nSPS) is 11.0. The van der Waals surface area contributed by atoms with Crippen molar-refractivity contribution in [3.8, 4) is 22.7 Å². The second kappa shape index (κ2) is 12.7. The molecule has 1 heterocycles. The van der Waals surface area contributed by atoms with Crippen molar-refractivity contribution in [1.82, 2.24) is 9.99 Å². The van der Waals surface area contributed by atoms with Crippen LogP contribution in [0.4, 0.5) is 4.39 Å². The summed E-state index contributed by atoms with van der Waals surface area (Å²) in [6.07, 6.45) is 3.99. The van der Waals surface area contributed by atoms with E-state index in [0.29, 0.717) is 24.3 Å². The third-order valence-electron chi connectivity index (χ3n) is 6.67. The summed E-state index contributed by atoms with van der Waals surface area (Å²) in [5, 5.41) is 4.16. The minimum Gasteiger partial charge on any atom is -0.489 e. The number of carbonyl (C=O) groups excluding carboxylic acids is 1. The molecule has 1 aromatic heterocycles. The maximum atomic E-state index is 13.2. The van der Waals surface area contributed by atoms with Crippen molar-refractivity contribution in [2.24, 2.45) is 5.10 Å². The Morgan fingerprint density at radius 2 is 1.71 bits per heavy atom. The largest absolute Gasteiger partial charge is 0.489 e. The predicted molar refractivity (Wildman–Crippen MR) is 162 cm³/mol. The molecule has 0 unspecified atom stereocenters. The molecular formula is C35H30FN3O2. The first-order valence-corrected chi connectivity index (χ1v) is 13.3. The second-order valence-corrected chi connectivity index (χ2v) is 9.58. The SMILES string of the molecule is C=CCc1cc(/C=N/NC(=O)c2ccc(-n3c(C)ccc3-c3ccccc3)cc2)ccc1OCc1ccc(F)cc1. The summed E-state index contributed by atoms with van der Waals surface area (Å²) in [6.45, 7) is 6.22. The van der Waals surface area contributed by atoms with Crippen LogP contribution in [0.25, 0.3) is 16.9 Å². The number of hydrogen-bond acceptors (Lipinski definition) is 3. The molecule has 0 aliphatic heterocycles. The van der Waals surface area contributed by atoms with E-state index in [-0.39, 0.29) is 11.7 Å². The summed E-state index contributed by atoms with van der Waals surface area (Å²) >= 11 is 0. The summed E-state index contributed by atoms with van der Waals surface area (Å²) in [5.41, 5.74) is 10.0. The number of hydrazone groups is 1. The molecule has 0 spiro atoms. The topological polar surface area (TPSA) is 55.6 Å². The van der Waals surface area contributed by atoms with Crippen molar-refractivity contribution >= 4 is 12.1 Å². The van der Waals surface area contributed by atoms with Crippen LogP contribution in [0.3, 0.4) is 0 Å². The molecule has 1 amide bonds. The van der Waals surface area contributed by atoms with E-state index in [1.165, 1.54) is 12.1 Å². The van der Waals surface area contributed by atoms with Crippen molar-refractivity contribution < 1.29 is 13.9 Å². The van der Waals surface area contributed by atoms with Crippen LogP contribution >= 0.6 is 0 Å². The van der Waals surface area contributed by atoms with Gasteiger partial charge in [0.1, 0.15) is 18.2 Å². The minimum atomic E-state index is -0.300. The van der Waals surface area contributed by atoms with Crippen LogP contribution in [0.1, 0.15) is 32.7 Å². The van der Waals surface area contributed by atoms with E-state index in [4.69, 9.17) is 4.74 Å². The summed E-state index contributed by atoms with van der Waals surface area (Å²) in [5.74, 6) is 0.132. The predicted octanol–water partition coefficient (Wildman–Crippen LogP) is 7.66. The Morgan fingerprint density at radius 1 is 0.951 bits per heavy atom. The van der Waals surface area contributed by atoms with Gasteiger partial charge in [-0.2, -0.15) is 5.10 Å². The highest BCUT2D eigenvalue weighted by molar-refractivity contribution is 5.95. The Labute approximate surface area is 239 Å². The first-order chi connectivity index (χ1) is 20.0. The number of aryl methyl sites for hydroxylation is 1. The Balaban J connectivity index is 1.23. The van der Waals surface area contributed by atoms with E-state index in [0.717, 1.165) is 39.3 Å². The molecule has 0 bridgehead atoms. The number of nitrogens with zero attached hydrogens (tertiary/aromatic N) is 2. The number of rotatable bonds is 10. The van der Waals surface area contributed by atoms with Crippen molar-refractivity contribution in [2.45, 2.75) is 20.0 Å². The fourth-order valence-electron chi connectivity index (χ4n) is 4.58. The zero-order valence-electron chi connectivity index (χ0n) is 22.8. The molecule has 4 aromatic carbocycles. The zero-order chi connectivity index (χ0) is 28.6. The van der Waals surface area contributed by atoms with Gasteiger partial charge < -0.3 is 9.30 Å². The lowest BCUT2D eigenvalue weighted by Crippen LogP contribution is -2.17. The van der Waals surface area contributed by atoms with Gasteiger partial charge in [0.05, 0.1) is 11.9 Å². The van der Waals surface area contributed by atoms with Gasteiger partial charge in [-0.1, -0.05) is 48.5 Å². The number of nitrogens with one attached hydrogen (secondary N) is 1. The van der Waals surface area contributed by atoms with E-state index in [1.807, 2.05) is 48.5 Å². The Bertz CT molecular complexity index is 1670. The van der Waals surface area contributed by atoms with Crippen molar-refractivity contribution in [2.75, 3.05) is 0 Å². The third-order valence-corrected chi connectivity index (χ3v) is 6.67. The summed E-state index contributed by atoms with van der Waals surface area (Å²) in [7, 11) is 0. The molecule has 0 aliphatic carbocycles. The van der Waals surface area contributed by atoms with Gasteiger partial charge in [-0.3, -0.25) is 4.79 Å². The maximum Gasteiger partial charge on any atom is 0.271 e. The van der Waals surface area contributed by atoms with Crippen molar-refractivity contribution in [1.29, 1.82) is 0 Å². The van der Waals surface area contributed by atoms with Crippen LogP contribution in [0.2, 0.25) is 0 Å². The van der Waals surface area contributed by atoms with Gasteiger partial charge in [-0.15, -0.1) is 6.58 Å². The molecule has 6 heteroatoms. The van der Waals surface area contributed by atoms with Gasteiger partial charge in [-0.05, 0) is 102 Å². The summed E-state index contributed by atoms with van der Waals surface area (Å²) < 4.78 is 21.3. The smallest absolute Gasteiger partial charge is 0.271 e. The molecule has 5 nitrogen and oxygen atoms in total. The highest BCUT2D eigenvalue weighted by atomic mass is 19.1. The highest BCUT2D eigenvalue weighted by Crippen LogP contribution is 2.26. The number of benzene rings is 4. The van der Waals surface area contributed by atoms with Crippen LogP contribution in [0, 0.1) is 12.7 Å². The quantitative estimate of drug-likeness (QED) is 0.112. The van der Waals surface area contributed by atoms with Gasteiger partial charge in [0.25, 0.3) is 5.91 Å². The highest BCUT2D eigenvalue weighted by Gasteiger charge is 2.11. The Kier molecular flexibility index (Phi) is 8.50. The van der Waals surface area contributed by atoms with E-state index in [2.05, 4.69) is 52.9 Å². The minimum absolute atomic E-state index is 0.279. The van der Waals surface area contributed by atoms with Crippen molar-refractivity contribution in [3.63, 3.8) is 0 Å². The lowest BCUT2D eigenvalue weighted by atomic mass is 10.1. The van der Waals surface area contributed by atoms with Gasteiger partial charge in [0.15, 0.2) is 0 Å². The van der Waals surface area contributed by atoms with Crippen molar-refractivity contribution in [3.05, 3.63) is 156 Å². The number of allylic oxidation sites excluding steroid dienone is 1. The summed E-state index contributed by atoms with van der Waals surface area (Å²) in [4.78, 5) is 12.8. The molecule has 0 atom stereocenters. The monoisotopic (exact) mass is 543 g/mol. The van der Waals surface area contributed by atoms with Crippen LogP contribution < -0.4 is 10.2 Å². The van der Waals surface area contributed by atoms with Gasteiger partial charge in [0, 0.05) is 16.9 Å². The lowest BCUT2D eigenvalue weighted by Gasteiger charge is -2.13. The molecular weight excluding hydrogens is 513 g/mol. The van der Waals surface area contributed by atoms with Gasteiger partial charge >= 0.3 is 0 Å². The summed E-state index contributed by atoms with van der Waals surface area (Å²) in [6, 6.07) is 33.7. The van der Waals surface area contributed by atoms with E-state index < -0.39 is 0 Å². The Morgan fingerprint density at radius 3 is 2.44 bits per heavy atom. The molecule has 1 N–H and O–H groups in total. The molecule has 204 valence electrons. The number of amides is 1. The molecule has 0 aliphatic rings. The number of ether oxygens (including phenoxy) is 1. The third kappa shape index (κ3) is 6.68. The maximum absolute atomic E-state index is 13.2. The molecule has 41 heavy (non-hydrogen) atoms. The molecule has 0 fully saturated rings. The average molecular weight is 544 g/mol. The number of hydrogen-bond donors (Lipinski definition) is 1. The number of carbonyl (C=O) groups is 1. The van der Waals surface area contributed by atoms with E-state index in [9.17, 15) is 9.18 Å². The molecule has 0 radical (unpaired) electrons. The second-order valence-electron chi connectivity index (χ2n) is 9.58. The van der Waals surface area contributed by atoms with Gasteiger partial charge in [-0.25, -0.2) is 9.82 Å².